The van der Waals surface area contributed by atoms with E-state index in [1.54, 1.807) is 11.3 Å². The largest absolute Gasteiger partial charge is 0.395 e. The highest BCUT2D eigenvalue weighted by atomic mass is 32.1. The second-order valence-corrected chi connectivity index (χ2v) is 6.46. The summed E-state index contributed by atoms with van der Waals surface area (Å²) in [6.07, 6.45) is 2.93. The van der Waals surface area contributed by atoms with Crippen LogP contribution >= 0.6 is 11.3 Å². The summed E-state index contributed by atoms with van der Waals surface area (Å²) in [5, 5.41) is 8.71. The fourth-order valence-corrected chi connectivity index (χ4v) is 3.40. The van der Waals surface area contributed by atoms with Crippen molar-refractivity contribution in [2.75, 3.05) is 33.4 Å². The van der Waals surface area contributed by atoms with Gasteiger partial charge < -0.3 is 14.7 Å². The van der Waals surface area contributed by atoms with E-state index < -0.39 is 0 Å². The van der Waals surface area contributed by atoms with Crippen molar-refractivity contribution < 1.29 is 9.84 Å². The summed E-state index contributed by atoms with van der Waals surface area (Å²) in [5.74, 6) is 6.84. The molecule has 0 aromatic carbocycles. The number of thiophene rings is 1. The Morgan fingerprint density at radius 3 is 2.95 bits per heavy atom. The summed E-state index contributed by atoms with van der Waals surface area (Å²) in [5.41, 5.74) is 0. The second kappa shape index (κ2) is 8.43. The first-order chi connectivity index (χ1) is 9.78. The molecule has 0 atom stereocenters. The Morgan fingerprint density at radius 1 is 1.40 bits per heavy atom. The summed E-state index contributed by atoms with van der Waals surface area (Å²) in [6.45, 7) is 4.11. The van der Waals surface area contributed by atoms with Gasteiger partial charge in [0, 0.05) is 37.6 Å². The molecule has 110 valence electrons. The average molecular weight is 293 g/mol. The molecule has 3 nitrogen and oxygen atoms in total. The molecule has 1 aliphatic heterocycles. The molecule has 0 amide bonds. The zero-order valence-corrected chi connectivity index (χ0v) is 12.9. The van der Waals surface area contributed by atoms with Crippen LogP contribution in [0.4, 0.5) is 0 Å². The summed E-state index contributed by atoms with van der Waals surface area (Å²) < 4.78 is 5.40. The number of rotatable bonds is 5. The van der Waals surface area contributed by atoms with Gasteiger partial charge in [-0.25, -0.2) is 0 Å². The van der Waals surface area contributed by atoms with E-state index >= 15 is 0 Å². The second-order valence-electron chi connectivity index (χ2n) is 5.29. The van der Waals surface area contributed by atoms with Gasteiger partial charge in [-0.05, 0) is 37.9 Å². The van der Waals surface area contributed by atoms with Gasteiger partial charge in [0.05, 0.1) is 11.5 Å². The molecular formula is C16H23NO2S. The maximum Gasteiger partial charge on any atom is 0.0771 e. The van der Waals surface area contributed by atoms with Crippen molar-refractivity contribution in [2.24, 2.45) is 5.92 Å². The predicted octanol–water partition coefficient (Wildman–Crippen LogP) is 2.34. The third-order valence-corrected chi connectivity index (χ3v) is 4.43. The summed E-state index contributed by atoms with van der Waals surface area (Å²) >= 11 is 1.75. The first-order valence-electron chi connectivity index (χ1n) is 7.22. The Bertz CT molecular complexity index is 455. The minimum Gasteiger partial charge on any atom is -0.395 e. The van der Waals surface area contributed by atoms with Gasteiger partial charge in [-0.3, -0.25) is 0 Å². The fourth-order valence-electron chi connectivity index (χ4n) is 2.44. The summed E-state index contributed by atoms with van der Waals surface area (Å²) in [6, 6.07) is 4.24. The van der Waals surface area contributed by atoms with E-state index in [1.807, 2.05) is 0 Å². The first-order valence-corrected chi connectivity index (χ1v) is 8.04. The van der Waals surface area contributed by atoms with Gasteiger partial charge in [-0.1, -0.05) is 11.8 Å². The molecule has 0 radical (unpaired) electrons. The first kappa shape index (κ1) is 15.5. The van der Waals surface area contributed by atoms with Crippen LogP contribution in [0.15, 0.2) is 12.1 Å². The van der Waals surface area contributed by atoms with Crippen LogP contribution in [0.2, 0.25) is 0 Å². The molecule has 1 saturated heterocycles. The maximum atomic E-state index is 8.71. The van der Waals surface area contributed by atoms with E-state index in [9.17, 15) is 0 Å². The van der Waals surface area contributed by atoms with Crippen LogP contribution < -0.4 is 0 Å². The molecule has 1 fully saturated rings. The lowest BCUT2D eigenvalue weighted by Gasteiger charge is -2.26. The molecule has 2 heterocycles. The highest BCUT2D eigenvalue weighted by Gasteiger charge is 2.16. The lowest BCUT2D eigenvalue weighted by atomic mass is 10.00. The van der Waals surface area contributed by atoms with Crippen molar-refractivity contribution in [2.45, 2.75) is 25.8 Å². The molecule has 1 aromatic rings. The van der Waals surface area contributed by atoms with E-state index in [0.29, 0.717) is 6.42 Å². The summed E-state index contributed by atoms with van der Waals surface area (Å²) in [7, 11) is 2.19. The van der Waals surface area contributed by atoms with Gasteiger partial charge in [-0.2, -0.15) is 0 Å². The van der Waals surface area contributed by atoms with Gasteiger partial charge in [0.2, 0.25) is 0 Å². The smallest absolute Gasteiger partial charge is 0.0771 e. The monoisotopic (exact) mass is 293 g/mol. The molecule has 1 aliphatic rings. The van der Waals surface area contributed by atoms with Crippen molar-refractivity contribution in [3.05, 3.63) is 21.9 Å². The van der Waals surface area contributed by atoms with Crippen LogP contribution in [0, 0.1) is 17.8 Å². The number of hydrogen-bond acceptors (Lipinski definition) is 4. The molecule has 20 heavy (non-hydrogen) atoms. The number of hydrogen-bond donors (Lipinski definition) is 1. The molecule has 0 saturated carbocycles. The predicted molar refractivity (Wildman–Crippen MR) is 82.8 cm³/mol. The van der Waals surface area contributed by atoms with Crippen LogP contribution in [0.5, 0.6) is 0 Å². The molecular weight excluding hydrogens is 270 g/mol. The van der Waals surface area contributed by atoms with Gasteiger partial charge in [0.15, 0.2) is 0 Å². The normalized spacial score (nSPS) is 16.1. The van der Waals surface area contributed by atoms with Gasteiger partial charge in [0.1, 0.15) is 0 Å². The van der Waals surface area contributed by atoms with Crippen molar-refractivity contribution in [1.82, 2.24) is 4.90 Å². The Morgan fingerprint density at radius 2 is 2.20 bits per heavy atom. The van der Waals surface area contributed by atoms with E-state index in [-0.39, 0.29) is 6.61 Å². The number of aliphatic hydroxyl groups is 1. The molecule has 0 aliphatic carbocycles. The van der Waals surface area contributed by atoms with Crippen LogP contribution in [0.3, 0.4) is 0 Å². The Balaban J connectivity index is 1.79. The highest BCUT2D eigenvalue weighted by Crippen LogP contribution is 2.20. The minimum atomic E-state index is 0.138. The number of nitrogens with zero attached hydrogens (tertiary/aromatic N) is 1. The zero-order chi connectivity index (χ0) is 14.2. The fraction of sp³-hybridized carbons (Fsp3) is 0.625. The Hall–Kier alpha value is -0.860. The van der Waals surface area contributed by atoms with E-state index in [4.69, 9.17) is 9.84 Å². The zero-order valence-electron chi connectivity index (χ0n) is 12.1. The standard InChI is InChI=1S/C16H23NO2S/c1-17(12-14-7-10-19-11-8-14)13-16-6-5-15(20-16)4-2-3-9-18/h5-6,14,18H,3,7-13H2,1H3. The molecule has 1 N–H and O–H groups in total. The Kier molecular flexibility index (Phi) is 6.55. The van der Waals surface area contributed by atoms with Gasteiger partial charge >= 0.3 is 0 Å². The minimum absolute atomic E-state index is 0.138. The highest BCUT2D eigenvalue weighted by molar-refractivity contribution is 7.12. The maximum absolute atomic E-state index is 8.71. The molecule has 0 bridgehead atoms. The van der Waals surface area contributed by atoms with Crippen molar-refractivity contribution >= 4 is 11.3 Å². The lowest BCUT2D eigenvalue weighted by molar-refractivity contribution is 0.0550. The number of aliphatic hydroxyl groups excluding tert-OH is 1. The van der Waals surface area contributed by atoms with Crippen molar-refractivity contribution in [3.63, 3.8) is 0 Å². The molecule has 0 unspecified atom stereocenters. The van der Waals surface area contributed by atoms with Crippen molar-refractivity contribution in [1.29, 1.82) is 0 Å². The van der Waals surface area contributed by atoms with Crippen LogP contribution in [-0.2, 0) is 11.3 Å². The quantitative estimate of drug-likeness (QED) is 0.846. The van der Waals surface area contributed by atoms with E-state index in [0.717, 1.165) is 37.1 Å². The average Bonchev–Trinajstić information content (AvgIpc) is 2.87. The third kappa shape index (κ3) is 5.26. The molecule has 1 aromatic heterocycles. The van der Waals surface area contributed by atoms with Gasteiger partial charge in [0.25, 0.3) is 0 Å². The van der Waals surface area contributed by atoms with E-state index in [1.165, 1.54) is 17.7 Å². The van der Waals surface area contributed by atoms with Crippen molar-refractivity contribution in [3.8, 4) is 11.8 Å². The number of ether oxygens (including phenoxy) is 1. The Labute approximate surface area is 125 Å². The van der Waals surface area contributed by atoms with Crippen LogP contribution in [0.25, 0.3) is 0 Å². The summed E-state index contributed by atoms with van der Waals surface area (Å²) in [4.78, 5) is 4.84. The lowest BCUT2D eigenvalue weighted by Crippen LogP contribution is -2.29. The third-order valence-electron chi connectivity index (χ3n) is 3.45. The molecule has 4 heteroatoms. The van der Waals surface area contributed by atoms with Crippen LogP contribution in [0.1, 0.15) is 29.0 Å². The SMILES string of the molecule is CN(Cc1ccc(C#CCCO)s1)CC1CCOCC1. The molecule has 2 rings (SSSR count). The van der Waals surface area contributed by atoms with Gasteiger partial charge in [-0.15, -0.1) is 11.3 Å². The topological polar surface area (TPSA) is 32.7 Å². The van der Waals surface area contributed by atoms with E-state index in [2.05, 4.69) is 35.9 Å². The molecule has 0 spiro atoms. The van der Waals surface area contributed by atoms with Crippen LogP contribution in [-0.4, -0.2) is 43.4 Å².